The van der Waals surface area contributed by atoms with Crippen molar-refractivity contribution in [2.75, 3.05) is 26.3 Å². The quantitative estimate of drug-likeness (QED) is 0.710. The van der Waals surface area contributed by atoms with E-state index in [4.69, 9.17) is 9.47 Å². The van der Waals surface area contributed by atoms with Crippen LogP contribution in [0, 0.1) is 0 Å². The lowest BCUT2D eigenvalue weighted by molar-refractivity contribution is -0.148. The van der Waals surface area contributed by atoms with E-state index in [1.54, 1.807) is 4.90 Å². The first-order valence-electron chi connectivity index (χ1n) is 10.3. The number of ether oxygens (including phenoxy) is 2. The van der Waals surface area contributed by atoms with E-state index in [9.17, 15) is 14.7 Å². The van der Waals surface area contributed by atoms with Crippen LogP contribution >= 0.6 is 0 Å². The van der Waals surface area contributed by atoms with Crippen LogP contribution in [-0.2, 0) is 16.0 Å². The summed E-state index contributed by atoms with van der Waals surface area (Å²) in [4.78, 5) is 27.2. The number of nitrogens with one attached hydrogen (secondary N) is 1. The van der Waals surface area contributed by atoms with E-state index in [1.165, 1.54) is 5.56 Å². The fourth-order valence-corrected chi connectivity index (χ4v) is 4.07. The molecule has 4 rings (SSSR count). The molecule has 1 heterocycles. The van der Waals surface area contributed by atoms with Crippen molar-refractivity contribution in [1.82, 2.24) is 10.2 Å². The highest BCUT2D eigenvalue weighted by atomic mass is 16.6. The molecule has 1 aliphatic heterocycles. The number of hydrogen-bond donors (Lipinski definition) is 2. The number of rotatable bonds is 6. The molecule has 0 aromatic heterocycles. The van der Waals surface area contributed by atoms with Gasteiger partial charge in [0.25, 0.3) is 0 Å². The highest BCUT2D eigenvalue weighted by Gasteiger charge is 2.34. The van der Waals surface area contributed by atoms with Crippen molar-refractivity contribution in [2.45, 2.75) is 31.4 Å². The second kappa shape index (κ2) is 9.17. The Kier molecular flexibility index (Phi) is 6.18. The lowest BCUT2D eigenvalue weighted by Gasteiger charge is -2.30. The van der Waals surface area contributed by atoms with Crippen LogP contribution in [0.4, 0.5) is 0 Å². The number of carbonyl (C=O) groups excluding carboxylic acids is 2. The van der Waals surface area contributed by atoms with Crippen molar-refractivity contribution in [2.24, 2.45) is 0 Å². The van der Waals surface area contributed by atoms with Gasteiger partial charge in [0.2, 0.25) is 0 Å². The molecule has 0 spiro atoms. The van der Waals surface area contributed by atoms with Gasteiger partial charge in [-0.05, 0) is 42.5 Å². The lowest BCUT2D eigenvalue weighted by Crippen LogP contribution is -2.48. The third-order valence-electron chi connectivity index (χ3n) is 5.55. The summed E-state index contributed by atoms with van der Waals surface area (Å²) in [7, 11) is 0. The van der Waals surface area contributed by atoms with Gasteiger partial charge in [0.15, 0.2) is 11.5 Å². The molecule has 2 atom stereocenters. The van der Waals surface area contributed by atoms with Crippen molar-refractivity contribution in [3.8, 4) is 11.5 Å². The van der Waals surface area contributed by atoms with Crippen LogP contribution in [-0.4, -0.2) is 54.2 Å². The second-order valence-electron chi connectivity index (χ2n) is 7.54. The lowest BCUT2D eigenvalue weighted by atomic mass is 10.1. The fourth-order valence-electron chi connectivity index (χ4n) is 4.07. The van der Waals surface area contributed by atoms with Gasteiger partial charge >= 0.3 is 11.8 Å². The first kappa shape index (κ1) is 20.2. The fraction of sp³-hybridized carbons (Fsp3) is 0.391. The third-order valence-corrected chi connectivity index (χ3v) is 5.55. The molecule has 1 aliphatic carbocycles. The van der Waals surface area contributed by atoms with Gasteiger partial charge in [-0.15, -0.1) is 0 Å². The van der Waals surface area contributed by atoms with E-state index >= 15 is 0 Å². The Bertz CT molecular complexity index is 916. The minimum Gasteiger partial charge on any atom is -0.486 e. The van der Waals surface area contributed by atoms with Crippen molar-refractivity contribution in [1.29, 1.82) is 0 Å². The summed E-state index contributed by atoms with van der Waals surface area (Å²) >= 11 is 0. The highest BCUT2D eigenvalue weighted by Crippen LogP contribution is 2.36. The molecule has 0 saturated heterocycles. The molecule has 0 radical (unpaired) electrons. The summed E-state index contributed by atoms with van der Waals surface area (Å²) < 4.78 is 11.5. The monoisotopic (exact) mass is 410 g/mol. The smallest absolute Gasteiger partial charge is 0.312 e. The summed E-state index contributed by atoms with van der Waals surface area (Å²) in [5, 5.41) is 11.9. The molecule has 2 unspecified atom stereocenters. The molecule has 7 nitrogen and oxygen atoms in total. The van der Waals surface area contributed by atoms with Gasteiger partial charge in [-0.3, -0.25) is 9.59 Å². The maximum absolute atomic E-state index is 13.0. The number of benzene rings is 2. The molecular formula is C23H26N2O5. The number of amides is 2. The standard InChI is InChI=1S/C23H26N2O5/c26-13-5-12-25(19-11-10-16-6-1-2-7-18(16)19)23(28)22(27)24-14-17-15-29-20-8-3-4-9-21(20)30-17/h1-4,6-9,17,19,26H,5,10-15H2,(H,24,27). The zero-order chi connectivity index (χ0) is 20.9. The van der Waals surface area contributed by atoms with Crippen LogP contribution in [0.15, 0.2) is 48.5 Å². The SMILES string of the molecule is O=C(NCC1COc2ccccc2O1)C(=O)N(CCCO)C1CCc2ccccc21. The van der Waals surface area contributed by atoms with Crippen LogP contribution in [0.2, 0.25) is 0 Å². The van der Waals surface area contributed by atoms with E-state index in [2.05, 4.69) is 11.4 Å². The van der Waals surface area contributed by atoms with E-state index in [0.29, 0.717) is 31.1 Å². The molecule has 0 saturated carbocycles. The average Bonchev–Trinajstić information content (AvgIpc) is 3.21. The number of aliphatic hydroxyl groups is 1. The number of aryl methyl sites for hydroxylation is 1. The normalized spacial score (nSPS) is 19.1. The summed E-state index contributed by atoms with van der Waals surface area (Å²) in [6, 6.07) is 15.2. The van der Waals surface area contributed by atoms with E-state index in [1.807, 2.05) is 42.5 Å². The first-order valence-corrected chi connectivity index (χ1v) is 10.3. The van der Waals surface area contributed by atoms with Gasteiger partial charge in [-0.1, -0.05) is 36.4 Å². The molecule has 0 bridgehead atoms. The van der Waals surface area contributed by atoms with E-state index < -0.39 is 11.8 Å². The summed E-state index contributed by atoms with van der Waals surface area (Å²) in [5.74, 6) is 0.0507. The maximum Gasteiger partial charge on any atom is 0.312 e. The van der Waals surface area contributed by atoms with Gasteiger partial charge in [0.1, 0.15) is 12.7 Å². The van der Waals surface area contributed by atoms with E-state index in [-0.39, 0.29) is 25.3 Å². The predicted molar refractivity (Wildman–Crippen MR) is 110 cm³/mol. The Hall–Kier alpha value is -3.06. The summed E-state index contributed by atoms with van der Waals surface area (Å²) in [5.41, 5.74) is 2.29. The molecule has 2 amide bonds. The average molecular weight is 410 g/mol. The van der Waals surface area contributed by atoms with E-state index in [0.717, 1.165) is 18.4 Å². The molecule has 7 heteroatoms. The Labute approximate surface area is 175 Å². The Morgan fingerprint density at radius 2 is 1.87 bits per heavy atom. The number of carbonyl (C=O) groups is 2. The molecule has 30 heavy (non-hydrogen) atoms. The molecule has 0 fully saturated rings. The topological polar surface area (TPSA) is 88.1 Å². The Morgan fingerprint density at radius 1 is 1.10 bits per heavy atom. The number of hydrogen-bond acceptors (Lipinski definition) is 5. The highest BCUT2D eigenvalue weighted by molar-refractivity contribution is 6.35. The van der Waals surface area contributed by atoms with Crippen molar-refractivity contribution in [3.63, 3.8) is 0 Å². The number of aliphatic hydroxyl groups excluding tert-OH is 1. The summed E-state index contributed by atoms with van der Waals surface area (Å²) in [6.45, 7) is 0.772. The molecule has 2 aromatic rings. The largest absolute Gasteiger partial charge is 0.486 e. The zero-order valence-electron chi connectivity index (χ0n) is 16.8. The third kappa shape index (κ3) is 4.26. The molecule has 158 valence electrons. The second-order valence-corrected chi connectivity index (χ2v) is 7.54. The predicted octanol–water partition coefficient (Wildman–Crippen LogP) is 1.84. The number of nitrogens with zero attached hydrogens (tertiary/aromatic N) is 1. The minimum absolute atomic E-state index is 0.0353. The molecule has 2 N–H and O–H groups in total. The van der Waals surface area contributed by atoms with Gasteiger partial charge < -0.3 is 24.8 Å². The van der Waals surface area contributed by atoms with Crippen LogP contribution in [0.5, 0.6) is 11.5 Å². The van der Waals surface area contributed by atoms with Gasteiger partial charge in [0.05, 0.1) is 12.6 Å². The Morgan fingerprint density at radius 3 is 2.70 bits per heavy atom. The van der Waals surface area contributed by atoms with Crippen LogP contribution in [0.1, 0.15) is 30.0 Å². The molecule has 2 aromatic carbocycles. The number of fused-ring (bicyclic) bond motifs is 2. The van der Waals surface area contributed by atoms with Crippen molar-refractivity contribution >= 4 is 11.8 Å². The first-order chi connectivity index (χ1) is 14.7. The number of para-hydroxylation sites is 2. The summed E-state index contributed by atoms with van der Waals surface area (Å²) in [6.07, 6.45) is 1.71. The van der Waals surface area contributed by atoms with Gasteiger partial charge in [0, 0.05) is 13.2 Å². The molecule has 2 aliphatic rings. The van der Waals surface area contributed by atoms with Crippen molar-refractivity contribution < 1.29 is 24.2 Å². The van der Waals surface area contributed by atoms with Crippen molar-refractivity contribution in [3.05, 3.63) is 59.7 Å². The van der Waals surface area contributed by atoms with Crippen LogP contribution in [0.3, 0.4) is 0 Å². The Balaban J connectivity index is 1.39. The maximum atomic E-state index is 13.0. The minimum atomic E-state index is -0.667. The van der Waals surface area contributed by atoms with Gasteiger partial charge in [-0.25, -0.2) is 0 Å². The van der Waals surface area contributed by atoms with Crippen LogP contribution < -0.4 is 14.8 Å². The molecular weight excluding hydrogens is 384 g/mol. The van der Waals surface area contributed by atoms with Gasteiger partial charge in [-0.2, -0.15) is 0 Å². The zero-order valence-corrected chi connectivity index (χ0v) is 16.8. The van der Waals surface area contributed by atoms with Crippen LogP contribution in [0.25, 0.3) is 0 Å².